The normalized spacial score (nSPS) is 7.17. The van der Waals surface area contributed by atoms with E-state index in [1.807, 2.05) is 13.8 Å². The topological polar surface area (TPSA) is 40.5 Å². The second kappa shape index (κ2) is 22.4. The van der Waals surface area contributed by atoms with Gasteiger partial charge in [0.15, 0.2) is 0 Å². The molecule has 2 N–H and O–H groups in total. The molecule has 0 rings (SSSR count). The highest BCUT2D eigenvalue weighted by atomic mass is 32.1. The minimum atomic E-state index is -0.259. The average molecular weight is 192 g/mol. The maximum atomic E-state index is 8.10. The minimum Gasteiger partial charge on any atom is -0.395 e. The first-order valence-corrected chi connectivity index (χ1v) is 4.19. The molecular formula is C9H20O2S. The van der Waals surface area contributed by atoms with E-state index >= 15 is 0 Å². The van der Waals surface area contributed by atoms with Gasteiger partial charge in [-0.1, -0.05) is 12.2 Å². The van der Waals surface area contributed by atoms with E-state index in [4.69, 9.17) is 10.2 Å². The second-order valence-corrected chi connectivity index (χ2v) is 2.57. The van der Waals surface area contributed by atoms with Crippen LogP contribution in [0.5, 0.6) is 0 Å². The van der Waals surface area contributed by atoms with Gasteiger partial charge in [-0.2, -0.15) is 12.6 Å². The molecule has 0 bridgehead atoms. The molecule has 0 aromatic rings. The van der Waals surface area contributed by atoms with Gasteiger partial charge >= 0.3 is 0 Å². The Hall–Kier alpha value is -0.250. The van der Waals surface area contributed by atoms with Gasteiger partial charge in [0.2, 0.25) is 0 Å². The fraction of sp³-hybridized carbons (Fsp3) is 0.556. The Morgan fingerprint density at radius 2 is 1.33 bits per heavy atom. The monoisotopic (exact) mass is 192 g/mol. The highest BCUT2D eigenvalue weighted by Crippen LogP contribution is 1.87. The molecule has 0 aromatic carbocycles. The van der Waals surface area contributed by atoms with Crippen molar-refractivity contribution in [1.82, 2.24) is 0 Å². The van der Waals surface area contributed by atoms with Crippen LogP contribution in [0.3, 0.4) is 0 Å². The van der Waals surface area contributed by atoms with Crippen molar-refractivity contribution in [3.63, 3.8) is 0 Å². The first-order chi connectivity index (χ1) is 5.64. The zero-order valence-corrected chi connectivity index (χ0v) is 8.80. The molecule has 0 spiro atoms. The summed E-state index contributed by atoms with van der Waals surface area (Å²) in [6.45, 7) is 10.4. The van der Waals surface area contributed by atoms with Crippen LogP contribution < -0.4 is 0 Å². The smallest absolute Gasteiger partial charge is 0.0569 e. The Balaban J connectivity index is -0.000000115. The molecule has 2 nitrogen and oxygen atoms in total. The summed E-state index contributed by atoms with van der Waals surface area (Å²) in [6, 6.07) is 0. The lowest BCUT2D eigenvalue weighted by atomic mass is 10.5. The van der Waals surface area contributed by atoms with Crippen molar-refractivity contribution in [2.24, 2.45) is 0 Å². The summed E-state index contributed by atoms with van der Waals surface area (Å²) < 4.78 is 0. The fourth-order valence-corrected chi connectivity index (χ4v) is 0.0577. The van der Waals surface area contributed by atoms with Crippen molar-refractivity contribution in [2.75, 3.05) is 13.2 Å². The molecule has 74 valence electrons. The number of aliphatic hydroxyl groups excluding tert-OH is 2. The van der Waals surface area contributed by atoms with Crippen molar-refractivity contribution in [3.8, 4) is 0 Å². The summed E-state index contributed by atoms with van der Waals surface area (Å²) in [5.41, 5.74) is 0. The summed E-state index contributed by atoms with van der Waals surface area (Å²) >= 11 is 3.73. The number of rotatable bonds is 2. The van der Waals surface area contributed by atoms with Crippen LogP contribution in [0.2, 0.25) is 0 Å². The second-order valence-electron chi connectivity index (χ2n) is 1.84. The van der Waals surface area contributed by atoms with Gasteiger partial charge in [0, 0.05) is 5.25 Å². The van der Waals surface area contributed by atoms with E-state index in [1.165, 1.54) is 0 Å². The quantitative estimate of drug-likeness (QED) is 0.460. The maximum absolute atomic E-state index is 8.10. The van der Waals surface area contributed by atoms with Gasteiger partial charge in [0.05, 0.1) is 13.2 Å². The predicted molar refractivity (Wildman–Crippen MR) is 58.7 cm³/mol. The van der Waals surface area contributed by atoms with E-state index in [0.717, 1.165) is 0 Å². The van der Waals surface area contributed by atoms with Crippen molar-refractivity contribution in [1.29, 1.82) is 0 Å². The molecule has 0 radical (unpaired) electrons. The lowest BCUT2D eigenvalue weighted by Gasteiger charge is -1.96. The molecule has 0 heterocycles. The average Bonchev–Trinajstić information content (AvgIpc) is 2.06. The molecule has 0 aromatic heterocycles. The Kier molecular flexibility index (Phi) is 33.1. The van der Waals surface area contributed by atoms with Crippen LogP contribution >= 0.6 is 12.6 Å². The Labute approximate surface area is 81.0 Å². The standard InChI is InChI=1S/C3H8O2S.2C3H6/c4-1-3(6)2-5;2*1-3-2/h3-6H,1-2H2;2*3H,1H2,2H3. The van der Waals surface area contributed by atoms with Gasteiger partial charge in [-0.25, -0.2) is 0 Å². The highest BCUT2D eigenvalue weighted by molar-refractivity contribution is 7.81. The summed E-state index contributed by atoms with van der Waals surface area (Å²) in [5.74, 6) is 0. The Morgan fingerprint density at radius 1 is 1.17 bits per heavy atom. The molecule has 0 saturated carbocycles. The molecular weight excluding hydrogens is 172 g/mol. The maximum Gasteiger partial charge on any atom is 0.0569 e. The van der Waals surface area contributed by atoms with Crippen LogP contribution in [-0.4, -0.2) is 28.7 Å². The Morgan fingerprint density at radius 3 is 1.33 bits per heavy atom. The van der Waals surface area contributed by atoms with Crippen molar-refractivity contribution < 1.29 is 10.2 Å². The first-order valence-electron chi connectivity index (χ1n) is 3.68. The van der Waals surface area contributed by atoms with Crippen LogP contribution in [0.1, 0.15) is 13.8 Å². The summed E-state index contributed by atoms with van der Waals surface area (Å²) in [7, 11) is 0. The van der Waals surface area contributed by atoms with Gasteiger partial charge in [-0.05, 0) is 13.8 Å². The SMILES string of the molecule is C=CC.C=CC.OCC(S)CO. The number of aliphatic hydroxyl groups is 2. The summed E-state index contributed by atoms with van der Waals surface area (Å²) in [5, 5.41) is 15.9. The van der Waals surface area contributed by atoms with Gasteiger partial charge in [0.25, 0.3) is 0 Å². The van der Waals surface area contributed by atoms with Crippen molar-refractivity contribution >= 4 is 12.6 Å². The van der Waals surface area contributed by atoms with E-state index in [9.17, 15) is 0 Å². The molecule has 0 aliphatic heterocycles. The van der Waals surface area contributed by atoms with Gasteiger partial charge in [0.1, 0.15) is 0 Å². The molecule has 0 amide bonds. The minimum absolute atomic E-state index is 0.0559. The van der Waals surface area contributed by atoms with E-state index in [0.29, 0.717) is 0 Å². The lowest BCUT2D eigenvalue weighted by Crippen LogP contribution is -2.08. The van der Waals surface area contributed by atoms with E-state index in [2.05, 4.69) is 25.8 Å². The third kappa shape index (κ3) is 53.1. The molecule has 0 saturated heterocycles. The van der Waals surface area contributed by atoms with Gasteiger partial charge in [-0.15, -0.1) is 13.2 Å². The van der Waals surface area contributed by atoms with Crippen LogP contribution in [0, 0.1) is 0 Å². The number of hydrogen-bond acceptors (Lipinski definition) is 3. The number of thiol groups is 1. The van der Waals surface area contributed by atoms with Gasteiger partial charge in [-0.3, -0.25) is 0 Å². The zero-order chi connectivity index (χ0) is 10.4. The molecule has 0 fully saturated rings. The largest absolute Gasteiger partial charge is 0.395 e. The summed E-state index contributed by atoms with van der Waals surface area (Å²) in [4.78, 5) is 0. The molecule has 0 aliphatic carbocycles. The van der Waals surface area contributed by atoms with Gasteiger partial charge < -0.3 is 10.2 Å². The van der Waals surface area contributed by atoms with E-state index in [1.54, 1.807) is 12.2 Å². The molecule has 3 heteroatoms. The third-order valence-corrected chi connectivity index (χ3v) is 0.748. The van der Waals surface area contributed by atoms with Crippen molar-refractivity contribution in [2.45, 2.75) is 19.1 Å². The van der Waals surface area contributed by atoms with Crippen LogP contribution in [0.4, 0.5) is 0 Å². The fourth-order valence-electron chi connectivity index (χ4n) is 0.0577. The summed E-state index contributed by atoms with van der Waals surface area (Å²) in [6.07, 6.45) is 3.50. The van der Waals surface area contributed by atoms with Crippen molar-refractivity contribution in [3.05, 3.63) is 25.3 Å². The lowest BCUT2D eigenvalue weighted by molar-refractivity contribution is 0.229. The number of allylic oxidation sites excluding steroid dienone is 2. The Bertz CT molecular complexity index is 74.6. The predicted octanol–water partition coefficient (Wildman–Crippen LogP) is 1.65. The number of hydrogen-bond donors (Lipinski definition) is 3. The molecule has 0 unspecified atom stereocenters. The highest BCUT2D eigenvalue weighted by Gasteiger charge is 1.92. The van der Waals surface area contributed by atoms with Crippen LogP contribution in [0.25, 0.3) is 0 Å². The van der Waals surface area contributed by atoms with E-state index < -0.39 is 0 Å². The molecule has 12 heavy (non-hydrogen) atoms. The first kappa shape index (κ1) is 17.7. The van der Waals surface area contributed by atoms with E-state index in [-0.39, 0.29) is 18.5 Å². The third-order valence-electron chi connectivity index (χ3n) is 0.421. The molecule has 0 aliphatic rings. The van der Waals surface area contributed by atoms with Crippen LogP contribution in [0.15, 0.2) is 25.3 Å². The molecule has 0 atom stereocenters. The van der Waals surface area contributed by atoms with Crippen LogP contribution in [-0.2, 0) is 0 Å². The zero-order valence-electron chi connectivity index (χ0n) is 7.90.